The first-order valence-electron chi connectivity index (χ1n) is 6.54. The number of hydrogen-bond acceptors (Lipinski definition) is 3. The molecular formula is C14H23N3. The molecule has 3 nitrogen and oxygen atoms in total. The van der Waals surface area contributed by atoms with Crippen LogP contribution in [-0.4, -0.2) is 31.2 Å². The molecular weight excluding hydrogens is 210 g/mol. The Labute approximate surface area is 104 Å². The largest absolute Gasteiger partial charge is 0.357 e. The van der Waals surface area contributed by atoms with Crippen molar-refractivity contribution in [2.24, 2.45) is 0 Å². The molecule has 0 amide bonds. The maximum Gasteiger partial charge on any atom is 0.128 e. The highest BCUT2D eigenvalue weighted by molar-refractivity contribution is 5.39. The summed E-state index contributed by atoms with van der Waals surface area (Å²) in [4.78, 5) is 6.94. The van der Waals surface area contributed by atoms with Gasteiger partial charge in [0, 0.05) is 24.8 Å². The van der Waals surface area contributed by atoms with E-state index in [1.165, 1.54) is 25.7 Å². The summed E-state index contributed by atoms with van der Waals surface area (Å²) in [5.41, 5.74) is 1.10. The van der Waals surface area contributed by atoms with Crippen molar-refractivity contribution in [1.82, 2.24) is 10.3 Å². The van der Waals surface area contributed by atoms with Gasteiger partial charge in [0.2, 0.25) is 0 Å². The number of rotatable bonds is 3. The summed E-state index contributed by atoms with van der Waals surface area (Å²) < 4.78 is 0. The smallest absolute Gasteiger partial charge is 0.128 e. The van der Waals surface area contributed by atoms with Gasteiger partial charge in [-0.05, 0) is 51.8 Å². The highest BCUT2D eigenvalue weighted by Crippen LogP contribution is 2.25. The van der Waals surface area contributed by atoms with Crippen LogP contribution in [0.2, 0.25) is 0 Å². The van der Waals surface area contributed by atoms with E-state index in [1.54, 1.807) is 0 Å². The zero-order valence-electron chi connectivity index (χ0n) is 11.1. The summed E-state index contributed by atoms with van der Waals surface area (Å²) in [5.74, 6) is 1.11. The monoisotopic (exact) mass is 233 g/mol. The van der Waals surface area contributed by atoms with Gasteiger partial charge in [0.15, 0.2) is 0 Å². The van der Waals surface area contributed by atoms with E-state index in [2.05, 4.69) is 54.4 Å². The third-order valence-electron chi connectivity index (χ3n) is 3.89. The summed E-state index contributed by atoms with van der Waals surface area (Å²) in [5, 5.41) is 3.38. The average Bonchev–Trinajstić information content (AvgIpc) is 2.38. The molecule has 0 radical (unpaired) electrons. The number of nitrogens with one attached hydrogen (secondary N) is 1. The maximum atomic E-state index is 4.60. The van der Waals surface area contributed by atoms with Crippen molar-refractivity contribution >= 4 is 5.82 Å². The first-order chi connectivity index (χ1) is 8.20. The molecule has 1 saturated carbocycles. The molecule has 0 bridgehead atoms. The maximum absolute atomic E-state index is 4.60. The molecule has 2 rings (SSSR count). The topological polar surface area (TPSA) is 28.2 Å². The van der Waals surface area contributed by atoms with E-state index >= 15 is 0 Å². The standard InChI is InChI=1S/C14H23N3/c1-11-5-4-6-14(16-11)17(3)13-9-7-12(15-2)8-10-13/h4-6,12-13,15H,7-10H2,1-3H3. The molecule has 94 valence electrons. The minimum Gasteiger partial charge on any atom is -0.357 e. The third-order valence-corrected chi connectivity index (χ3v) is 3.89. The van der Waals surface area contributed by atoms with E-state index in [0.29, 0.717) is 12.1 Å². The van der Waals surface area contributed by atoms with Crippen LogP contribution in [0.15, 0.2) is 18.2 Å². The number of anilines is 1. The third kappa shape index (κ3) is 2.97. The Hall–Kier alpha value is -1.09. The second-order valence-electron chi connectivity index (χ2n) is 5.04. The van der Waals surface area contributed by atoms with Crippen LogP contribution < -0.4 is 10.2 Å². The van der Waals surface area contributed by atoms with E-state index in [1.807, 2.05) is 0 Å². The Bertz CT molecular complexity index is 356. The predicted octanol–water partition coefficient (Wildman–Crippen LogP) is 2.36. The van der Waals surface area contributed by atoms with Crippen LogP contribution in [0.4, 0.5) is 5.82 Å². The Morgan fingerprint density at radius 3 is 2.53 bits per heavy atom. The molecule has 1 fully saturated rings. The van der Waals surface area contributed by atoms with Gasteiger partial charge in [-0.1, -0.05) is 6.07 Å². The van der Waals surface area contributed by atoms with Crippen LogP contribution in [0.1, 0.15) is 31.4 Å². The van der Waals surface area contributed by atoms with Gasteiger partial charge in [-0.15, -0.1) is 0 Å². The molecule has 1 aliphatic carbocycles. The summed E-state index contributed by atoms with van der Waals surface area (Å²) in [6.07, 6.45) is 5.07. The van der Waals surface area contributed by atoms with E-state index in [0.717, 1.165) is 11.5 Å². The lowest BCUT2D eigenvalue weighted by Gasteiger charge is -2.35. The highest BCUT2D eigenvalue weighted by Gasteiger charge is 2.23. The quantitative estimate of drug-likeness (QED) is 0.868. The zero-order valence-corrected chi connectivity index (χ0v) is 11.1. The predicted molar refractivity (Wildman–Crippen MR) is 72.5 cm³/mol. The molecule has 1 aromatic heterocycles. The van der Waals surface area contributed by atoms with Crippen LogP contribution in [0.25, 0.3) is 0 Å². The van der Waals surface area contributed by atoms with Crippen LogP contribution in [0.3, 0.4) is 0 Å². The van der Waals surface area contributed by atoms with Gasteiger partial charge in [-0.2, -0.15) is 0 Å². The lowest BCUT2D eigenvalue weighted by atomic mass is 9.90. The molecule has 1 aromatic rings. The molecule has 0 atom stereocenters. The van der Waals surface area contributed by atoms with Crippen molar-refractivity contribution in [3.8, 4) is 0 Å². The molecule has 0 aromatic carbocycles. The molecule has 1 aliphatic rings. The van der Waals surface area contributed by atoms with Crippen LogP contribution in [-0.2, 0) is 0 Å². The lowest BCUT2D eigenvalue weighted by molar-refractivity contribution is 0.350. The summed E-state index contributed by atoms with van der Waals surface area (Å²) in [7, 11) is 4.24. The molecule has 17 heavy (non-hydrogen) atoms. The minimum atomic E-state index is 0.647. The Kier molecular flexibility index (Phi) is 4.00. The fourth-order valence-corrected chi connectivity index (χ4v) is 2.66. The van der Waals surface area contributed by atoms with E-state index in [4.69, 9.17) is 0 Å². The van der Waals surface area contributed by atoms with Gasteiger partial charge >= 0.3 is 0 Å². The second kappa shape index (κ2) is 5.50. The van der Waals surface area contributed by atoms with Crippen LogP contribution in [0.5, 0.6) is 0 Å². The lowest BCUT2D eigenvalue weighted by Crippen LogP contribution is -2.40. The second-order valence-corrected chi connectivity index (χ2v) is 5.04. The molecule has 3 heteroatoms. The normalized spacial score (nSPS) is 24.6. The van der Waals surface area contributed by atoms with E-state index in [9.17, 15) is 0 Å². The Morgan fingerprint density at radius 2 is 1.94 bits per heavy atom. The van der Waals surface area contributed by atoms with E-state index < -0.39 is 0 Å². The number of pyridine rings is 1. The number of hydrogen-bond donors (Lipinski definition) is 1. The SMILES string of the molecule is CNC1CCC(N(C)c2cccc(C)n2)CC1. The first kappa shape index (κ1) is 12.4. The van der Waals surface area contributed by atoms with Crippen molar-refractivity contribution < 1.29 is 0 Å². The summed E-state index contributed by atoms with van der Waals surface area (Å²) >= 11 is 0. The average molecular weight is 233 g/mol. The number of aromatic nitrogens is 1. The van der Waals surface area contributed by atoms with Crippen molar-refractivity contribution in [1.29, 1.82) is 0 Å². The van der Waals surface area contributed by atoms with Crippen molar-refractivity contribution in [3.63, 3.8) is 0 Å². The van der Waals surface area contributed by atoms with Gasteiger partial charge in [0.25, 0.3) is 0 Å². The molecule has 0 saturated heterocycles. The van der Waals surface area contributed by atoms with Gasteiger partial charge in [-0.25, -0.2) is 4.98 Å². The summed E-state index contributed by atoms with van der Waals surface area (Å²) in [6, 6.07) is 7.61. The summed E-state index contributed by atoms with van der Waals surface area (Å²) in [6.45, 7) is 2.05. The van der Waals surface area contributed by atoms with Crippen molar-refractivity contribution in [3.05, 3.63) is 23.9 Å². The van der Waals surface area contributed by atoms with Gasteiger partial charge in [-0.3, -0.25) is 0 Å². The highest BCUT2D eigenvalue weighted by atomic mass is 15.2. The fourth-order valence-electron chi connectivity index (χ4n) is 2.66. The fraction of sp³-hybridized carbons (Fsp3) is 0.643. The van der Waals surface area contributed by atoms with Crippen molar-refractivity contribution in [2.45, 2.75) is 44.7 Å². The zero-order chi connectivity index (χ0) is 12.3. The molecule has 1 N–H and O–H groups in total. The molecule has 0 spiro atoms. The van der Waals surface area contributed by atoms with Gasteiger partial charge < -0.3 is 10.2 Å². The van der Waals surface area contributed by atoms with Crippen LogP contribution in [0, 0.1) is 6.92 Å². The number of aryl methyl sites for hydroxylation is 1. The first-order valence-corrected chi connectivity index (χ1v) is 6.54. The van der Waals surface area contributed by atoms with Gasteiger partial charge in [0.1, 0.15) is 5.82 Å². The Morgan fingerprint density at radius 1 is 1.24 bits per heavy atom. The van der Waals surface area contributed by atoms with Crippen LogP contribution >= 0.6 is 0 Å². The minimum absolute atomic E-state index is 0.647. The molecule has 1 heterocycles. The van der Waals surface area contributed by atoms with Gasteiger partial charge in [0.05, 0.1) is 0 Å². The van der Waals surface area contributed by atoms with E-state index in [-0.39, 0.29) is 0 Å². The molecule has 0 unspecified atom stereocenters. The number of nitrogens with zero attached hydrogens (tertiary/aromatic N) is 2. The molecule has 0 aliphatic heterocycles. The Balaban J connectivity index is 1.99. The van der Waals surface area contributed by atoms with Crippen molar-refractivity contribution in [2.75, 3.05) is 19.0 Å².